The molecule has 1 aromatic carbocycles. The Labute approximate surface area is 162 Å². The van der Waals surface area contributed by atoms with Crippen LogP contribution < -0.4 is 5.32 Å². The number of aromatic nitrogens is 1. The molecule has 1 N–H and O–H groups in total. The lowest BCUT2D eigenvalue weighted by Gasteiger charge is -2.32. The van der Waals surface area contributed by atoms with Crippen LogP contribution in [0.3, 0.4) is 0 Å². The van der Waals surface area contributed by atoms with Crippen molar-refractivity contribution in [3.8, 4) is 10.6 Å². The molecule has 0 spiro atoms. The number of benzene rings is 1. The number of amides is 1. The molecule has 1 aliphatic heterocycles. The van der Waals surface area contributed by atoms with E-state index in [1.54, 1.807) is 17.5 Å². The molecule has 9 heteroatoms. The molecule has 2 aromatic rings. The van der Waals surface area contributed by atoms with Gasteiger partial charge in [-0.15, -0.1) is 23.7 Å². The molecule has 1 amide bonds. The van der Waals surface area contributed by atoms with Crippen LogP contribution in [0.1, 0.15) is 23.3 Å². The number of nitro groups is 1. The average Bonchev–Trinajstić information content (AvgIpc) is 3.12. The zero-order chi connectivity index (χ0) is 17.8. The van der Waals surface area contributed by atoms with Crippen molar-refractivity contribution < 1.29 is 9.72 Å². The molecule has 7 nitrogen and oxygen atoms in total. The fourth-order valence-corrected chi connectivity index (χ4v) is 3.90. The van der Waals surface area contributed by atoms with Gasteiger partial charge in [0.25, 0.3) is 11.6 Å². The number of nitrogens with one attached hydrogen (secondary N) is 1. The molecule has 1 atom stereocenters. The first kappa shape index (κ1) is 20.3. The van der Waals surface area contributed by atoms with Gasteiger partial charge in [-0.2, -0.15) is 0 Å². The predicted octanol–water partition coefficient (Wildman–Crippen LogP) is 3.21. The molecule has 0 radical (unpaired) electrons. The fraction of sp³-hybridized carbons (Fsp3) is 0.412. The van der Waals surface area contributed by atoms with Crippen LogP contribution in [-0.4, -0.2) is 47.4 Å². The highest BCUT2D eigenvalue weighted by molar-refractivity contribution is 7.13. The first-order valence-corrected chi connectivity index (χ1v) is 9.10. The Bertz CT molecular complexity index is 764. The number of rotatable bonds is 5. The van der Waals surface area contributed by atoms with Crippen LogP contribution in [0.15, 0.2) is 29.6 Å². The van der Waals surface area contributed by atoms with Crippen LogP contribution in [-0.2, 0) is 0 Å². The molecule has 3 rings (SSSR count). The van der Waals surface area contributed by atoms with Crippen LogP contribution in [0, 0.1) is 16.0 Å². The largest absolute Gasteiger partial charge is 0.337 e. The maximum Gasteiger partial charge on any atom is 0.273 e. The van der Waals surface area contributed by atoms with E-state index in [1.807, 2.05) is 11.9 Å². The monoisotopic (exact) mass is 396 g/mol. The molecule has 140 valence electrons. The van der Waals surface area contributed by atoms with Crippen molar-refractivity contribution in [2.24, 2.45) is 5.92 Å². The van der Waals surface area contributed by atoms with Crippen LogP contribution in [0.5, 0.6) is 0 Å². The lowest BCUT2D eigenvalue weighted by Crippen LogP contribution is -2.42. The summed E-state index contributed by atoms with van der Waals surface area (Å²) < 4.78 is 0. The van der Waals surface area contributed by atoms with Gasteiger partial charge in [-0.1, -0.05) is 0 Å². The minimum atomic E-state index is -0.432. The van der Waals surface area contributed by atoms with E-state index >= 15 is 0 Å². The number of carbonyl (C=O) groups is 1. The Balaban J connectivity index is 0.00000243. The van der Waals surface area contributed by atoms with Crippen molar-refractivity contribution in [1.29, 1.82) is 0 Å². The van der Waals surface area contributed by atoms with Crippen molar-refractivity contribution in [3.63, 3.8) is 0 Å². The molecule has 1 unspecified atom stereocenters. The zero-order valence-corrected chi connectivity index (χ0v) is 16.0. The number of hydrogen-bond donors (Lipinski definition) is 1. The normalized spacial score (nSPS) is 16.8. The van der Waals surface area contributed by atoms with Gasteiger partial charge in [0.05, 0.1) is 4.92 Å². The summed E-state index contributed by atoms with van der Waals surface area (Å²) in [4.78, 5) is 29.3. The molecule has 0 bridgehead atoms. The number of nitro benzene ring substituents is 1. The van der Waals surface area contributed by atoms with Crippen molar-refractivity contribution in [3.05, 3.63) is 45.5 Å². The lowest BCUT2D eigenvalue weighted by atomic mass is 9.98. The summed E-state index contributed by atoms with van der Waals surface area (Å²) >= 11 is 1.38. The molecule has 26 heavy (non-hydrogen) atoms. The van der Waals surface area contributed by atoms with Gasteiger partial charge >= 0.3 is 0 Å². The molecule has 1 aromatic heterocycles. The Kier molecular flexibility index (Phi) is 7.07. The smallest absolute Gasteiger partial charge is 0.273 e. The highest BCUT2D eigenvalue weighted by atomic mass is 35.5. The van der Waals surface area contributed by atoms with Crippen LogP contribution >= 0.6 is 23.7 Å². The number of thiazole rings is 1. The number of nitrogens with zero attached hydrogens (tertiary/aromatic N) is 3. The molecule has 0 saturated carbocycles. The second-order valence-corrected chi connectivity index (χ2v) is 7.02. The standard InChI is InChI=1S/C17H20N4O3S.ClH/c1-18-9-12-3-2-8-20(10-12)17(22)15-11-25-16(19-15)13-4-6-14(7-5-13)21(23)24;/h4-7,11-12,18H,2-3,8-10H2,1H3;1H. The minimum absolute atomic E-state index is 0. The number of piperidine rings is 1. The Morgan fingerprint density at radius 3 is 2.81 bits per heavy atom. The Morgan fingerprint density at radius 2 is 2.15 bits per heavy atom. The molecular weight excluding hydrogens is 376 g/mol. The lowest BCUT2D eigenvalue weighted by molar-refractivity contribution is -0.384. The highest BCUT2D eigenvalue weighted by Gasteiger charge is 2.25. The molecule has 0 aliphatic carbocycles. The third-order valence-corrected chi connectivity index (χ3v) is 5.24. The number of hydrogen-bond acceptors (Lipinski definition) is 6. The van der Waals surface area contributed by atoms with E-state index in [9.17, 15) is 14.9 Å². The van der Waals surface area contributed by atoms with Gasteiger partial charge in [0, 0.05) is 36.2 Å². The maximum absolute atomic E-state index is 12.7. The van der Waals surface area contributed by atoms with E-state index in [2.05, 4.69) is 10.3 Å². The topological polar surface area (TPSA) is 88.4 Å². The predicted molar refractivity (Wildman–Crippen MR) is 104 cm³/mol. The first-order valence-electron chi connectivity index (χ1n) is 8.22. The van der Waals surface area contributed by atoms with Gasteiger partial charge in [-0.25, -0.2) is 4.98 Å². The second-order valence-electron chi connectivity index (χ2n) is 6.16. The summed E-state index contributed by atoms with van der Waals surface area (Å²) in [5.74, 6) is 0.445. The van der Waals surface area contributed by atoms with Gasteiger partial charge in [-0.05, 0) is 44.5 Å². The third-order valence-electron chi connectivity index (χ3n) is 4.35. The summed E-state index contributed by atoms with van der Waals surface area (Å²) in [7, 11) is 1.93. The number of halogens is 1. The third kappa shape index (κ3) is 4.57. The summed E-state index contributed by atoms with van der Waals surface area (Å²) in [6, 6.07) is 6.22. The number of likely N-dealkylation sites (tertiary alicyclic amines) is 1. The fourth-order valence-electron chi connectivity index (χ4n) is 3.10. The molecule has 1 aliphatic rings. The van der Waals surface area contributed by atoms with E-state index in [0.29, 0.717) is 16.6 Å². The van der Waals surface area contributed by atoms with Crippen LogP contribution in [0.25, 0.3) is 10.6 Å². The zero-order valence-electron chi connectivity index (χ0n) is 14.4. The van der Waals surface area contributed by atoms with Crippen molar-refractivity contribution >= 4 is 35.3 Å². The van der Waals surface area contributed by atoms with Crippen molar-refractivity contribution in [2.75, 3.05) is 26.7 Å². The Hall–Kier alpha value is -2.03. The summed E-state index contributed by atoms with van der Waals surface area (Å²) in [6.07, 6.45) is 2.15. The number of non-ortho nitro benzene ring substituents is 1. The summed E-state index contributed by atoms with van der Waals surface area (Å²) in [5, 5.41) is 16.4. The van der Waals surface area contributed by atoms with E-state index in [0.717, 1.165) is 38.0 Å². The van der Waals surface area contributed by atoms with Gasteiger partial charge in [0.1, 0.15) is 10.7 Å². The molecule has 1 fully saturated rings. The highest BCUT2D eigenvalue weighted by Crippen LogP contribution is 2.27. The van der Waals surface area contributed by atoms with E-state index in [1.165, 1.54) is 23.5 Å². The van der Waals surface area contributed by atoms with Gasteiger partial charge in [-0.3, -0.25) is 14.9 Å². The maximum atomic E-state index is 12.7. The number of carbonyl (C=O) groups excluding carboxylic acids is 1. The summed E-state index contributed by atoms with van der Waals surface area (Å²) in [5.41, 5.74) is 1.27. The second kappa shape index (κ2) is 9.07. The molecule has 2 heterocycles. The average molecular weight is 397 g/mol. The van der Waals surface area contributed by atoms with Crippen LogP contribution in [0.2, 0.25) is 0 Å². The quantitative estimate of drug-likeness (QED) is 0.619. The van der Waals surface area contributed by atoms with Crippen LogP contribution in [0.4, 0.5) is 5.69 Å². The van der Waals surface area contributed by atoms with Crippen molar-refractivity contribution in [2.45, 2.75) is 12.8 Å². The SMILES string of the molecule is CNCC1CCCN(C(=O)c2csc(-c3ccc([N+](=O)[O-])cc3)n2)C1.Cl. The minimum Gasteiger partial charge on any atom is -0.337 e. The van der Waals surface area contributed by atoms with Gasteiger partial charge in [0.15, 0.2) is 0 Å². The van der Waals surface area contributed by atoms with E-state index in [-0.39, 0.29) is 24.0 Å². The van der Waals surface area contributed by atoms with Gasteiger partial charge in [0.2, 0.25) is 0 Å². The Morgan fingerprint density at radius 1 is 1.42 bits per heavy atom. The molecule has 1 saturated heterocycles. The summed E-state index contributed by atoms with van der Waals surface area (Å²) in [6.45, 7) is 2.43. The van der Waals surface area contributed by atoms with Gasteiger partial charge < -0.3 is 10.2 Å². The first-order chi connectivity index (χ1) is 12.1. The molecular formula is C17H21ClN4O3S. The van der Waals surface area contributed by atoms with Crippen molar-refractivity contribution in [1.82, 2.24) is 15.2 Å². The van der Waals surface area contributed by atoms with E-state index < -0.39 is 4.92 Å². The van der Waals surface area contributed by atoms with E-state index in [4.69, 9.17) is 0 Å².